The molecule has 1 aromatic heterocycles. The molecule has 1 heterocycles. The van der Waals surface area contributed by atoms with Gasteiger partial charge in [0.1, 0.15) is 12.2 Å². The van der Waals surface area contributed by atoms with Crippen molar-refractivity contribution in [3.05, 3.63) is 12.2 Å². The van der Waals surface area contributed by atoms with Gasteiger partial charge in [-0.15, -0.1) is 0 Å². The lowest BCUT2D eigenvalue weighted by molar-refractivity contribution is 0.00519. The molecule has 1 rings (SSSR count). The Balaban J connectivity index is 2.34. The Bertz CT molecular complexity index is 273. The number of aliphatic hydroxyl groups is 1. The largest absolute Gasteiger partial charge is 0.390 e. The molecule has 5 heteroatoms. The zero-order valence-electron chi connectivity index (χ0n) is 8.84. The fourth-order valence-electron chi connectivity index (χ4n) is 1.08. The van der Waals surface area contributed by atoms with Gasteiger partial charge in [0.2, 0.25) is 0 Å². The van der Waals surface area contributed by atoms with Crippen LogP contribution in [0.25, 0.3) is 0 Å². The smallest absolute Gasteiger partial charge is 0.138 e. The van der Waals surface area contributed by atoms with E-state index < -0.39 is 6.10 Å². The van der Waals surface area contributed by atoms with E-state index in [1.165, 1.54) is 6.33 Å². The second kappa shape index (κ2) is 5.07. The topological polar surface area (TPSA) is 60.2 Å². The van der Waals surface area contributed by atoms with Gasteiger partial charge in [0, 0.05) is 13.5 Å². The molecule has 1 unspecified atom stereocenters. The van der Waals surface area contributed by atoms with Crippen LogP contribution < -0.4 is 0 Å². The zero-order valence-corrected chi connectivity index (χ0v) is 8.84. The number of hydrogen-bond donors (Lipinski definition) is 1. The maximum atomic E-state index is 9.59. The van der Waals surface area contributed by atoms with E-state index in [1.807, 2.05) is 13.8 Å². The van der Waals surface area contributed by atoms with Crippen molar-refractivity contribution in [1.29, 1.82) is 0 Å². The highest BCUT2D eigenvalue weighted by Gasteiger charge is 2.10. The molecule has 0 aromatic carbocycles. The van der Waals surface area contributed by atoms with Gasteiger partial charge in [-0.2, -0.15) is 5.10 Å². The Kier molecular flexibility index (Phi) is 4.03. The molecule has 0 saturated carbocycles. The molecule has 0 amide bonds. The molecular weight excluding hydrogens is 182 g/mol. The molecule has 0 aliphatic rings. The summed E-state index contributed by atoms with van der Waals surface area (Å²) >= 11 is 0. The summed E-state index contributed by atoms with van der Waals surface area (Å²) in [5.41, 5.74) is 0. The lowest BCUT2D eigenvalue weighted by Gasteiger charge is -2.12. The van der Waals surface area contributed by atoms with Crippen LogP contribution in [0.1, 0.15) is 19.7 Å². The molecule has 80 valence electrons. The monoisotopic (exact) mass is 199 g/mol. The van der Waals surface area contributed by atoms with Crippen molar-refractivity contribution < 1.29 is 9.84 Å². The van der Waals surface area contributed by atoms with Crippen LogP contribution in [-0.4, -0.2) is 38.7 Å². The van der Waals surface area contributed by atoms with Crippen molar-refractivity contribution >= 4 is 0 Å². The minimum Gasteiger partial charge on any atom is -0.390 e. The van der Waals surface area contributed by atoms with Crippen LogP contribution in [-0.2, 0) is 18.2 Å². The molecule has 0 bridgehead atoms. The summed E-state index contributed by atoms with van der Waals surface area (Å²) < 4.78 is 6.94. The number of ether oxygens (including phenoxy) is 1. The number of nitrogens with zero attached hydrogens (tertiary/aromatic N) is 3. The lowest BCUT2D eigenvalue weighted by Crippen LogP contribution is -2.22. The van der Waals surface area contributed by atoms with Crippen LogP contribution >= 0.6 is 0 Å². The van der Waals surface area contributed by atoms with Crippen molar-refractivity contribution in [1.82, 2.24) is 14.8 Å². The van der Waals surface area contributed by atoms with Crippen molar-refractivity contribution in [3.8, 4) is 0 Å². The van der Waals surface area contributed by atoms with Crippen molar-refractivity contribution in [2.45, 2.75) is 32.5 Å². The van der Waals surface area contributed by atoms with Gasteiger partial charge in [0.05, 0.1) is 18.8 Å². The maximum Gasteiger partial charge on any atom is 0.138 e. The van der Waals surface area contributed by atoms with E-state index in [0.717, 1.165) is 5.82 Å². The number of aromatic nitrogens is 3. The second-order valence-electron chi connectivity index (χ2n) is 3.54. The number of aliphatic hydroxyl groups excluding tert-OH is 1. The normalized spacial score (nSPS) is 13.5. The summed E-state index contributed by atoms with van der Waals surface area (Å²) in [5.74, 6) is 0.768. The first-order chi connectivity index (χ1) is 6.59. The molecular formula is C9H17N3O2. The van der Waals surface area contributed by atoms with E-state index in [4.69, 9.17) is 4.74 Å². The Morgan fingerprint density at radius 3 is 2.79 bits per heavy atom. The van der Waals surface area contributed by atoms with Crippen LogP contribution in [0.2, 0.25) is 0 Å². The first-order valence-electron chi connectivity index (χ1n) is 4.72. The second-order valence-corrected chi connectivity index (χ2v) is 3.54. The molecule has 1 aromatic rings. The van der Waals surface area contributed by atoms with Crippen molar-refractivity contribution in [2.24, 2.45) is 7.05 Å². The third-order valence-corrected chi connectivity index (χ3v) is 1.85. The van der Waals surface area contributed by atoms with E-state index in [2.05, 4.69) is 10.1 Å². The van der Waals surface area contributed by atoms with Crippen molar-refractivity contribution in [3.63, 3.8) is 0 Å². The number of rotatable bonds is 5. The molecule has 1 N–H and O–H groups in total. The molecule has 0 radical (unpaired) electrons. The molecule has 0 saturated heterocycles. The van der Waals surface area contributed by atoms with Crippen LogP contribution in [0, 0.1) is 0 Å². The summed E-state index contributed by atoms with van der Waals surface area (Å²) in [7, 11) is 1.80. The van der Waals surface area contributed by atoms with E-state index in [1.54, 1.807) is 11.7 Å². The van der Waals surface area contributed by atoms with Gasteiger partial charge in [-0.05, 0) is 13.8 Å². The van der Waals surface area contributed by atoms with Gasteiger partial charge in [-0.3, -0.25) is 4.68 Å². The van der Waals surface area contributed by atoms with Crippen LogP contribution in [0.5, 0.6) is 0 Å². The third kappa shape index (κ3) is 3.43. The summed E-state index contributed by atoms with van der Waals surface area (Å²) in [6.07, 6.45) is 1.58. The molecule has 0 aliphatic carbocycles. The Hall–Kier alpha value is -0.940. The SMILES string of the molecule is CC(C)OCC(O)Cc1ncnn1C. The van der Waals surface area contributed by atoms with Gasteiger partial charge >= 0.3 is 0 Å². The minimum absolute atomic E-state index is 0.143. The highest BCUT2D eigenvalue weighted by atomic mass is 16.5. The van der Waals surface area contributed by atoms with Crippen molar-refractivity contribution in [2.75, 3.05) is 6.61 Å². The standard InChI is InChI=1S/C9H17N3O2/c1-7(2)14-5-8(13)4-9-10-6-11-12(9)3/h6-8,13H,4-5H2,1-3H3. The first-order valence-corrected chi connectivity index (χ1v) is 4.72. The Morgan fingerprint density at radius 1 is 1.57 bits per heavy atom. The quantitative estimate of drug-likeness (QED) is 0.733. The highest BCUT2D eigenvalue weighted by Crippen LogP contribution is 1.99. The van der Waals surface area contributed by atoms with Gasteiger partial charge in [0.25, 0.3) is 0 Å². The molecule has 5 nitrogen and oxygen atoms in total. The van der Waals surface area contributed by atoms with Crippen LogP contribution in [0.3, 0.4) is 0 Å². The van der Waals surface area contributed by atoms with E-state index in [9.17, 15) is 5.11 Å². The molecule has 1 atom stereocenters. The lowest BCUT2D eigenvalue weighted by atomic mass is 10.2. The maximum absolute atomic E-state index is 9.59. The summed E-state index contributed by atoms with van der Waals surface area (Å²) in [5, 5.41) is 13.5. The van der Waals surface area contributed by atoms with Crippen LogP contribution in [0.15, 0.2) is 6.33 Å². The fraction of sp³-hybridized carbons (Fsp3) is 0.778. The predicted molar refractivity (Wildman–Crippen MR) is 51.8 cm³/mol. The molecule has 14 heavy (non-hydrogen) atoms. The van der Waals surface area contributed by atoms with Gasteiger partial charge < -0.3 is 9.84 Å². The summed E-state index contributed by atoms with van der Waals surface area (Å²) in [6.45, 7) is 4.22. The highest BCUT2D eigenvalue weighted by molar-refractivity contribution is 4.86. The third-order valence-electron chi connectivity index (χ3n) is 1.85. The molecule has 0 aliphatic heterocycles. The summed E-state index contributed by atoms with van der Waals surface area (Å²) in [4.78, 5) is 4.02. The average molecular weight is 199 g/mol. The van der Waals surface area contributed by atoms with E-state index in [-0.39, 0.29) is 6.10 Å². The average Bonchev–Trinajstić information content (AvgIpc) is 2.49. The summed E-state index contributed by atoms with van der Waals surface area (Å²) in [6, 6.07) is 0. The Labute approximate surface area is 83.7 Å². The van der Waals surface area contributed by atoms with E-state index in [0.29, 0.717) is 13.0 Å². The zero-order chi connectivity index (χ0) is 10.6. The van der Waals surface area contributed by atoms with Gasteiger partial charge in [0.15, 0.2) is 0 Å². The fourth-order valence-corrected chi connectivity index (χ4v) is 1.08. The predicted octanol–water partition coefficient (Wildman–Crippen LogP) is 0.143. The molecule has 0 spiro atoms. The minimum atomic E-state index is -0.514. The van der Waals surface area contributed by atoms with Gasteiger partial charge in [-0.1, -0.05) is 0 Å². The Morgan fingerprint density at radius 2 is 2.29 bits per heavy atom. The molecule has 0 fully saturated rings. The van der Waals surface area contributed by atoms with E-state index >= 15 is 0 Å². The van der Waals surface area contributed by atoms with Crippen LogP contribution in [0.4, 0.5) is 0 Å². The first kappa shape index (κ1) is 11.1. The number of aryl methyl sites for hydroxylation is 1. The number of hydrogen-bond acceptors (Lipinski definition) is 4. The van der Waals surface area contributed by atoms with Gasteiger partial charge in [-0.25, -0.2) is 4.98 Å².